The number of carbonyl (C=O) groups excluding carboxylic acids is 1. The van der Waals surface area contributed by atoms with Gasteiger partial charge in [-0.2, -0.15) is 10.2 Å². The van der Waals surface area contributed by atoms with E-state index in [4.69, 9.17) is 9.47 Å². The summed E-state index contributed by atoms with van der Waals surface area (Å²) in [7, 11) is 1.35. The van der Waals surface area contributed by atoms with E-state index in [0.717, 1.165) is 0 Å². The van der Waals surface area contributed by atoms with Crippen LogP contribution in [0.15, 0.2) is 26.8 Å². The summed E-state index contributed by atoms with van der Waals surface area (Å²) in [5.74, 6) is -0.346. The standard InChI is InChI=1S/C17H20N6O7/c1-3-6-30-15-12(23(27)28)7-10(8-13(15)29-2)9-18-21-14(24)5-4-11-16(25)19-17(26)22-20-11/h7-9H,3-6H2,1-2H3,(H,21,24)(H2,19,22,25,26)/b18-9+. The third-order valence-corrected chi connectivity index (χ3v) is 3.70. The lowest BCUT2D eigenvalue weighted by atomic mass is 10.2. The van der Waals surface area contributed by atoms with Crippen molar-refractivity contribution >= 4 is 17.8 Å². The minimum Gasteiger partial charge on any atom is -0.493 e. The van der Waals surface area contributed by atoms with Crippen LogP contribution in [0.25, 0.3) is 0 Å². The fourth-order valence-electron chi connectivity index (χ4n) is 2.33. The second-order valence-corrected chi connectivity index (χ2v) is 5.92. The molecule has 1 aromatic heterocycles. The molecule has 0 aliphatic carbocycles. The normalized spacial score (nSPS) is 10.7. The Morgan fingerprint density at radius 2 is 2.17 bits per heavy atom. The number of H-pyrrole nitrogens is 2. The van der Waals surface area contributed by atoms with Crippen molar-refractivity contribution in [1.29, 1.82) is 0 Å². The number of aryl methyl sites for hydroxylation is 1. The van der Waals surface area contributed by atoms with E-state index in [1.165, 1.54) is 25.5 Å². The smallest absolute Gasteiger partial charge is 0.342 e. The van der Waals surface area contributed by atoms with Crippen molar-refractivity contribution in [3.8, 4) is 11.5 Å². The molecule has 160 valence electrons. The quantitative estimate of drug-likeness (QED) is 0.277. The van der Waals surface area contributed by atoms with Gasteiger partial charge in [0.25, 0.3) is 5.56 Å². The molecule has 13 nitrogen and oxygen atoms in total. The third kappa shape index (κ3) is 5.98. The summed E-state index contributed by atoms with van der Waals surface area (Å²) in [6.07, 6.45) is 1.74. The SMILES string of the molecule is CCCOc1c(OC)cc(/C=N/NC(=O)CCc2n[nH]c(=O)[nH]c2=O)cc1[N+](=O)[O-]. The monoisotopic (exact) mass is 420 g/mol. The Morgan fingerprint density at radius 3 is 2.80 bits per heavy atom. The van der Waals surface area contributed by atoms with Gasteiger partial charge in [0.15, 0.2) is 5.75 Å². The van der Waals surface area contributed by atoms with Gasteiger partial charge in [-0.15, -0.1) is 0 Å². The molecule has 0 fully saturated rings. The number of hydrogen-bond donors (Lipinski definition) is 3. The molecule has 0 bridgehead atoms. The second kappa shape index (κ2) is 10.5. The number of nitro groups is 1. The van der Waals surface area contributed by atoms with Gasteiger partial charge in [0, 0.05) is 24.5 Å². The minimum atomic E-state index is -0.742. The lowest BCUT2D eigenvalue weighted by Crippen LogP contribution is -2.28. The maximum atomic E-state index is 11.9. The number of carbonyl (C=O) groups is 1. The van der Waals surface area contributed by atoms with Gasteiger partial charge >= 0.3 is 11.4 Å². The average Bonchev–Trinajstić information content (AvgIpc) is 2.71. The van der Waals surface area contributed by atoms with Gasteiger partial charge in [0.1, 0.15) is 5.69 Å². The molecule has 30 heavy (non-hydrogen) atoms. The fourth-order valence-corrected chi connectivity index (χ4v) is 2.33. The van der Waals surface area contributed by atoms with Crippen LogP contribution < -0.4 is 26.1 Å². The van der Waals surface area contributed by atoms with Gasteiger partial charge < -0.3 is 9.47 Å². The molecule has 0 aliphatic rings. The van der Waals surface area contributed by atoms with E-state index >= 15 is 0 Å². The molecule has 2 rings (SSSR count). The lowest BCUT2D eigenvalue weighted by molar-refractivity contribution is -0.386. The Balaban J connectivity index is 2.06. The summed E-state index contributed by atoms with van der Waals surface area (Å²) in [6.45, 7) is 2.15. The summed E-state index contributed by atoms with van der Waals surface area (Å²) in [5.41, 5.74) is 0.832. The second-order valence-electron chi connectivity index (χ2n) is 5.92. The first kappa shape index (κ1) is 22.3. The van der Waals surface area contributed by atoms with Crippen molar-refractivity contribution in [2.75, 3.05) is 13.7 Å². The van der Waals surface area contributed by atoms with Crippen molar-refractivity contribution < 1.29 is 19.2 Å². The predicted molar refractivity (Wildman–Crippen MR) is 105 cm³/mol. The van der Waals surface area contributed by atoms with E-state index in [0.29, 0.717) is 12.0 Å². The van der Waals surface area contributed by atoms with E-state index in [-0.39, 0.29) is 42.3 Å². The third-order valence-electron chi connectivity index (χ3n) is 3.70. The zero-order valence-corrected chi connectivity index (χ0v) is 16.3. The van der Waals surface area contributed by atoms with E-state index < -0.39 is 22.1 Å². The zero-order valence-electron chi connectivity index (χ0n) is 16.3. The molecule has 0 atom stereocenters. The molecule has 1 amide bonds. The van der Waals surface area contributed by atoms with Crippen molar-refractivity contribution in [2.24, 2.45) is 5.10 Å². The summed E-state index contributed by atoms with van der Waals surface area (Å²) in [6, 6.07) is 2.73. The van der Waals surface area contributed by atoms with Crippen LogP contribution in [0.1, 0.15) is 31.0 Å². The van der Waals surface area contributed by atoms with Crippen molar-refractivity contribution in [2.45, 2.75) is 26.2 Å². The summed E-state index contributed by atoms with van der Waals surface area (Å²) < 4.78 is 10.6. The Labute approximate surface area is 169 Å². The first-order valence-corrected chi connectivity index (χ1v) is 8.84. The molecule has 1 heterocycles. The highest BCUT2D eigenvalue weighted by atomic mass is 16.6. The van der Waals surface area contributed by atoms with Gasteiger partial charge in [-0.3, -0.25) is 24.7 Å². The maximum Gasteiger partial charge on any atom is 0.342 e. The number of ether oxygens (including phenoxy) is 2. The zero-order chi connectivity index (χ0) is 22.1. The maximum absolute atomic E-state index is 11.9. The van der Waals surface area contributed by atoms with Crippen LogP contribution in [0.3, 0.4) is 0 Å². The molecule has 0 radical (unpaired) electrons. The van der Waals surface area contributed by atoms with Crippen LogP contribution in [-0.4, -0.2) is 45.9 Å². The number of aromatic nitrogens is 3. The van der Waals surface area contributed by atoms with Gasteiger partial charge in [0.2, 0.25) is 11.7 Å². The molecular weight excluding hydrogens is 400 g/mol. The summed E-state index contributed by atoms with van der Waals surface area (Å²) in [4.78, 5) is 47.1. The molecule has 0 saturated heterocycles. The molecule has 0 unspecified atom stereocenters. The Bertz CT molecular complexity index is 1060. The summed E-state index contributed by atoms with van der Waals surface area (Å²) >= 11 is 0. The molecule has 1 aromatic carbocycles. The number of hydrogen-bond acceptors (Lipinski definition) is 9. The van der Waals surface area contributed by atoms with E-state index in [1.54, 1.807) is 0 Å². The Kier molecular flexibility index (Phi) is 7.79. The number of nitro benzene ring substituents is 1. The van der Waals surface area contributed by atoms with Crippen molar-refractivity contribution in [1.82, 2.24) is 20.6 Å². The fraction of sp³-hybridized carbons (Fsp3) is 0.353. The molecule has 2 aromatic rings. The van der Waals surface area contributed by atoms with Crippen LogP contribution >= 0.6 is 0 Å². The van der Waals surface area contributed by atoms with Crippen LogP contribution in [0.2, 0.25) is 0 Å². The molecule has 3 N–H and O–H groups in total. The topological polar surface area (TPSA) is 182 Å². The molecule has 0 aliphatic heterocycles. The summed E-state index contributed by atoms with van der Waals surface area (Å²) in [5, 5.41) is 20.7. The number of nitrogens with zero attached hydrogens (tertiary/aromatic N) is 3. The highest BCUT2D eigenvalue weighted by molar-refractivity contribution is 5.85. The van der Waals surface area contributed by atoms with Crippen LogP contribution in [0.5, 0.6) is 11.5 Å². The van der Waals surface area contributed by atoms with Gasteiger partial charge in [0.05, 0.1) is 24.9 Å². The average molecular weight is 420 g/mol. The first-order chi connectivity index (χ1) is 14.3. The predicted octanol–water partition coefficient (Wildman–Crippen LogP) is 0.247. The van der Waals surface area contributed by atoms with Crippen LogP contribution in [-0.2, 0) is 11.2 Å². The Morgan fingerprint density at radius 1 is 1.40 bits per heavy atom. The molecule has 0 spiro atoms. The number of nitrogens with one attached hydrogen (secondary N) is 3. The highest BCUT2D eigenvalue weighted by Gasteiger charge is 2.22. The molecular formula is C17H20N6O7. The minimum absolute atomic E-state index is 0.00300. The number of amides is 1. The highest BCUT2D eigenvalue weighted by Crippen LogP contribution is 2.38. The lowest BCUT2D eigenvalue weighted by Gasteiger charge is -2.11. The number of rotatable bonds is 10. The van der Waals surface area contributed by atoms with Gasteiger partial charge in [-0.1, -0.05) is 6.92 Å². The van der Waals surface area contributed by atoms with Crippen LogP contribution in [0, 0.1) is 10.1 Å². The van der Waals surface area contributed by atoms with Gasteiger partial charge in [-0.05, 0) is 12.5 Å². The van der Waals surface area contributed by atoms with Crippen LogP contribution in [0.4, 0.5) is 5.69 Å². The molecule has 0 saturated carbocycles. The van der Waals surface area contributed by atoms with E-state index in [9.17, 15) is 24.5 Å². The van der Waals surface area contributed by atoms with E-state index in [2.05, 4.69) is 20.7 Å². The Hall–Kier alpha value is -4.03. The number of aromatic amines is 2. The van der Waals surface area contributed by atoms with Crippen molar-refractivity contribution in [3.05, 3.63) is 54.3 Å². The largest absolute Gasteiger partial charge is 0.493 e. The molecule has 13 heteroatoms. The van der Waals surface area contributed by atoms with E-state index in [1.807, 2.05) is 11.9 Å². The van der Waals surface area contributed by atoms with Gasteiger partial charge in [-0.25, -0.2) is 15.3 Å². The number of benzene rings is 1. The first-order valence-electron chi connectivity index (χ1n) is 8.84. The van der Waals surface area contributed by atoms with Crippen molar-refractivity contribution in [3.63, 3.8) is 0 Å². The number of methoxy groups -OCH3 is 1. The number of hydrazone groups is 1.